The SMILES string of the molecule is O=C(NCC1CC1)[C@@H]1CCCN(C(=O)Cc2noc3ccccc23)C1. The van der Waals surface area contributed by atoms with E-state index in [1.165, 1.54) is 12.8 Å². The molecule has 0 radical (unpaired) electrons. The zero-order valence-corrected chi connectivity index (χ0v) is 14.2. The molecule has 2 aliphatic rings. The van der Waals surface area contributed by atoms with Crippen LogP contribution >= 0.6 is 0 Å². The number of nitrogens with one attached hydrogen (secondary N) is 1. The second-order valence-electron chi connectivity index (χ2n) is 7.17. The monoisotopic (exact) mass is 341 g/mol. The third kappa shape index (κ3) is 3.67. The minimum Gasteiger partial charge on any atom is -0.356 e. The first-order valence-corrected chi connectivity index (χ1v) is 9.09. The molecule has 1 aliphatic carbocycles. The number of carbonyl (C=O) groups excluding carboxylic acids is 2. The maximum absolute atomic E-state index is 12.7. The Kier molecular flexibility index (Phi) is 4.42. The molecule has 1 aromatic carbocycles. The van der Waals surface area contributed by atoms with E-state index in [1.807, 2.05) is 24.3 Å². The van der Waals surface area contributed by atoms with Gasteiger partial charge in [0.2, 0.25) is 11.8 Å². The van der Waals surface area contributed by atoms with E-state index >= 15 is 0 Å². The van der Waals surface area contributed by atoms with Crippen molar-refractivity contribution in [2.45, 2.75) is 32.1 Å². The van der Waals surface area contributed by atoms with E-state index in [-0.39, 0.29) is 24.2 Å². The van der Waals surface area contributed by atoms with Crippen LogP contribution in [-0.2, 0) is 16.0 Å². The number of amides is 2. The smallest absolute Gasteiger partial charge is 0.228 e. The topological polar surface area (TPSA) is 75.4 Å². The first-order chi connectivity index (χ1) is 12.2. The van der Waals surface area contributed by atoms with Gasteiger partial charge >= 0.3 is 0 Å². The maximum Gasteiger partial charge on any atom is 0.228 e. The van der Waals surface area contributed by atoms with Crippen LogP contribution in [0.4, 0.5) is 0 Å². The van der Waals surface area contributed by atoms with Gasteiger partial charge in [0.25, 0.3) is 0 Å². The Morgan fingerprint density at radius 2 is 2.08 bits per heavy atom. The van der Waals surface area contributed by atoms with Gasteiger partial charge in [-0.05, 0) is 43.7 Å². The Hall–Kier alpha value is -2.37. The zero-order chi connectivity index (χ0) is 17.2. The molecule has 0 bridgehead atoms. The number of carbonyl (C=O) groups is 2. The maximum atomic E-state index is 12.7. The van der Waals surface area contributed by atoms with Crippen LogP contribution in [0, 0.1) is 11.8 Å². The summed E-state index contributed by atoms with van der Waals surface area (Å²) in [5.74, 6) is 0.686. The number of hydrogen-bond acceptors (Lipinski definition) is 4. The molecule has 1 saturated carbocycles. The van der Waals surface area contributed by atoms with Crippen LogP contribution < -0.4 is 5.32 Å². The van der Waals surface area contributed by atoms with Gasteiger partial charge in [-0.25, -0.2) is 0 Å². The number of para-hydroxylation sites is 1. The van der Waals surface area contributed by atoms with Gasteiger partial charge in [-0.3, -0.25) is 9.59 Å². The van der Waals surface area contributed by atoms with E-state index in [1.54, 1.807) is 4.90 Å². The van der Waals surface area contributed by atoms with Crippen molar-refractivity contribution in [1.29, 1.82) is 0 Å². The van der Waals surface area contributed by atoms with Gasteiger partial charge in [-0.2, -0.15) is 0 Å². The second-order valence-corrected chi connectivity index (χ2v) is 7.17. The molecule has 1 aliphatic heterocycles. The first kappa shape index (κ1) is 16.1. The lowest BCUT2D eigenvalue weighted by Crippen LogP contribution is -2.46. The van der Waals surface area contributed by atoms with E-state index < -0.39 is 0 Å². The molecule has 1 aromatic heterocycles. The number of benzene rings is 1. The fourth-order valence-electron chi connectivity index (χ4n) is 3.45. The third-order valence-corrected chi connectivity index (χ3v) is 5.18. The summed E-state index contributed by atoms with van der Waals surface area (Å²) >= 11 is 0. The molecule has 2 aromatic rings. The second kappa shape index (κ2) is 6.86. The number of nitrogens with zero attached hydrogens (tertiary/aromatic N) is 2. The van der Waals surface area contributed by atoms with E-state index in [4.69, 9.17) is 4.52 Å². The molecule has 0 unspecified atom stereocenters. The Balaban J connectivity index is 1.37. The summed E-state index contributed by atoms with van der Waals surface area (Å²) in [6.45, 7) is 2.00. The number of likely N-dealkylation sites (tertiary alicyclic amines) is 1. The highest BCUT2D eigenvalue weighted by Gasteiger charge is 2.30. The quantitative estimate of drug-likeness (QED) is 0.904. The summed E-state index contributed by atoms with van der Waals surface area (Å²) in [4.78, 5) is 26.8. The van der Waals surface area contributed by atoms with Crippen molar-refractivity contribution < 1.29 is 14.1 Å². The highest BCUT2D eigenvalue weighted by Crippen LogP contribution is 2.28. The lowest BCUT2D eigenvalue weighted by atomic mass is 9.96. The van der Waals surface area contributed by atoms with Gasteiger partial charge in [0.1, 0.15) is 5.69 Å². The fraction of sp³-hybridized carbons (Fsp3) is 0.526. The highest BCUT2D eigenvalue weighted by atomic mass is 16.5. The van der Waals surface area contributed by atoms with Crippen LogP contribution in [0.2, 0.25) is 0 Å². The lowest BCUT2D eigenvalue weighted by molar-refractivity contribution is -0.135. The van der Waals surface area contributed by atoms with Gasteiger partial charge in [0.05, 0.1) is 12.3 Å². The molecule has 1 atom stereocenters. The van der Waals surface area contributed by atoms with Crippen molar-refractivity contribution in [3.63, 3.8) is 0 Å². The van der Waals surface area contributed by atoms with E-state index in [0.717, 1.165) is 24.8 Å². The molecule has 1 saturated heterocycles. The number of rotatable bonds is 5. The van der Waals surface area contributed by atoms with Crippen LogP contribution in [0.5, 0.6) is 0 Å². The van der Waals surface area contributed by atoms with Crippen molar-refractivity contribution in [2.75, 3.05) is 19.6 Å². The van der Waals surface area contributed by atoms with Crippen LogP contribution in [0.25, 0.3) is 11.0 Å². The summed E-state index contributed by atoms with van der Waals surface area (Å²) in [7, 11) is 0. The van der Waals surface area contributed by atoms with E-state index in [2.05, 4.69) is 10.5 Å². The van der Waals surface area contributed by atoms with Gasteiger partial charge in [0, 0.05) is 25.0 Å². The molecule has 2 amide bonds. The molecule has 4 rings (SSSR count). The average Bonchev–Trinajstić information content (AvgIpc) is 3.40. The van der Waals surface area contributed by atoms with Crippen molar-refractivity contribution in [3.05, 3.63) is 30.0 Å². The van der Waals surface area contributed by atoms with Crippen molar-refractivity contribution in [1.82, 2.24) is 15.4 Å². The van der Waals surface area contributed by atoms with Gasteiger partial charge in [-0.15, -0.1) is 0 Å². The molecule has 0 spiro atoms. The van der Waals surface area contributed by atoms with Crippen LogP contribution in [0.1, 0.15) is 31.4 Å². The van der Waals surface area contributed by atoms with Crippen LogP contribution in [0.15, 0.2) is 28.8 Å². The third-order valence-electron chi connectivity index (χ3n) is 5.18. The summed E-state index contributed by atoms with van der Waals surface area (Å²) in [6.07, 6.45) is 4.38. The van der Waals surface area contributed by atoms with Crippen molar-refractivity contribution in [3.8, 4) is 0 Å². The van der Waals surface area contributed by atoms with Crippen LogP contribution in [0.3, 0.4) is 0 Å². The predicted molar refractivity (Wildman–Crippen MR) is 92.8 cm³/mol. The lowest BCUT2D eigenvalue weighted by Gasteiger charge is -2.32. The highest BCUT2D eigenvalue weighted by molar-refractivity contribution is 5.87. The van der Waals surface area contributed by atoms with Crippen molar-refractivity contribution >= 4 is 22.8 Å². The Labute approximate surface area is 146 Å². The summed E-state index contributed by atoms with van der Waals surface area (Å²) in [5.41, 5.74) is 1.36. The summed E-state index contributed by atoms with van der Waals surface area (Å²) in [6, 6.07) is 7.56. The molecule has 6 nitrogen and oxygen atoms in total. The molecule has 1 N–H and O–H groups in total. The molecule has 25 heavy (non-hydrogen) atoms. The van der Waals surface area contributed by atoms with Gasteiger partial charge in [-0.1, -0.05) is 17.3 Å². The molecule has 6 heteroatoms. The summed E-state index contributed by atoms with van der Waals surface area (Å²) in [5, 5.41) is 7.96. The van der Waals surface area contributed by atoms with Gasteiger partial charge < -0.3 is 14.7 Å². The molecule has 2 fully saturated rings. The Bertz CT molecular complexity index is 781. The molecular weight excluding hydrogens is 318 g/mol. The Morgan fingerprint density at radius 1 is 1.24 bits per heavy atom. The average molecular weight is 341 g/mol. The van der Waals surface area contributed by atoms with Gasteiger partial charge in [0.15, 0.2) is 5.58 Å². The van der Waals surface area contributed by atoms with E-state index in [9.17, 15) is 9.59 Å². The zero-order valence-electron chi connectivity index (χ0n) is 14.2. The minimum atomic E-state index is -0.0921. The molecular formula is C19H23N3O3. The normalized spacial score (nSPS) is 20.6. The number of fused-ring (bicyclic) bond motifs is 1. The standard InChI is InChI=1S/C19H23N3O3/c23-18(10-16-15-5-1-2-6-17(15)25-21-16)22-9-3-4-14(12-22)19(24)20-11-13-7-8-13/h1-2,5-6,13-14H,3-4,7-12H2,(H,20,24)/t14-/m1/s1. The molecule has 2 heterocycles. The van der Waals surface area contributed by atoms with Crippen molar-refractivity contribution in [2.24, 2.45) is 11.8 Å². The number of aromatic nitrogens is 1. The first-order valence-electron chi connectivity index (χ1n) is 9.09. The Morgan fingerprint density at radius 3 is 2.92 bits per heavy atom. The van der Waals surface area contributed by atoms with Crippen LogP contribution in [-0.4, -0.2) is 41.5 Å². The predicted octanol–water partition coefficient (Wildman–Crippen LogP) is 2.14. The van der Waals surface area contributed by atoms with E-state index in [0.29, 0.717) is 30.3 Å². The molecule has 132 valence electrons. The fourth-order valence-corrected chi connectivity index (χ4v) is 3.45. The number of piperidine rings is 1. The number of hydrogen-bond donors (Lipinski definition) is 1. The largest absolute Gasteiger partial charge is 0.356 e. The minimum absolute atomic E-state index is 0.0127. The summed E-state index contributed by atoms with van der Waals surface area (Å²) < 4.78 is 5.27.